The molecule has 80 valence electrons. The molecule has 4 nitrogen and oxygen atoms in total. The van der Waals surface area contributed by atoms with E-state index in [9.17, 15) is 9.00 Å². The molecule has 5 heteroatoms. The lowest BCUT2D eigenvalue weighted by Gasteiger charge is -2.08. The molecule has 0 fully saturated rings. The van der Waals surface area contributed by atoms with Gasteiger partial charge in [0.05, 0.1) is 16.5 Å². The summed E-state index contributed by atoms with van der Waals surface area (Å²) in [5, 5.41) is 3.27. The molecule has 1 N–H and O–H groups in total. The van der Waals surface area contributed by atoms with E-state index in [4.69, 9.17) is 0 Å². The van der Waals surface area contributed by atoms with Gasteiger partial charge in [-0.1, -0.05) is 6.92 Å². The number of carbonyl (C=O) groups is 1. The average molecular weight is 224 g/mol. The number of nitrogens with one attached hydrogen (secondary N) is 1. The van der Waals surface area contributed by atoms with Gasteiger partial charge in [-0.15, -0.1) is 0 Å². The summed E-state index contributed by atoms with van der Waals surface area (Å²) in [6.45, 7) is 3.64. The first-order valence-corrected chi connectivity index (χ1v) is 6.06. The third kappa shape index (κ3) is 1.79. The number of fused-ring (bicyclic) bond motifs is 1. The van der Waals surface area contributed by atoms with Crippen LogP contribution in [0.15, 0.2) is 17.3 Å². The molecule has 15 heavy (non-hydrogen) atoms. The number of carbonyl (C=O) groups excluding carboxylic acids is 1. The van der Waals surface area contributed by atoms with Gasteiger partial charge in [0.25, 0.3) is 0 Å². The number of pyridine rings is 1. The molecule has 1 aliphatic rings. The van der Waals surface area contributed by atoms with Crippen LogP contribution in [0.3, 0.4) is 0 Å². The highest BCUT2D eigenvalue weighted by atomic mass is 32.2. The standard InChI is InChI=1S/C10H12N2O2S/c1-6-3-4-11-10-8(6)12-9(13)7(2)5-15(10)14/h3-4,7H,5H2,1-2H3,(H,12,13). The maximum Gasteiger partial charge on any atom is 0.228 e. The third-order valence-corrected chi connectivity index (χ3v) is 3.98. The van der Waals surface area contributed by atoms with Crippen molar-refractivity contribution in [2.45, 2.75) is 18.9 Å². The van der Waals surface area contributed by atoms with Crippen LogP contribution in [0.5, 0.6) is 0 Å². The first kappa shape index (κ1) is 10.3. The van der Waals surface area contributed by atoms with Crippen molar-refractivity contribution in [3.05, 3.63) is 17.8 Å². The molecule has 1 amide bonds. The van der Waals surface area contributed by atoms with Gasteiger partial charge in [0.1, 0.15) is 0 Å². The predicted molar refractivity (Wildman–Crippen MR) is 58.0 cm³/mol. The maximum atomic E-state index is 11.9. The van der Waals surface area contributed by atoms with Crippen LogP contribution in [0.4, 0.5) is 5.69 Å². The second kappa shape index (κ2) is 3.73. The smallest absolute Gasteiger partial charge is 0.228 e. The molecular formula is C10H12N2O2S. The molecule has 2 atom stereocenters. The van der Waals surface area contributed by atoms with Gasteiger partial charge in [-0.3, -0.25) is 9.00 Å². The highest BCUT2D eigenvalue weighted by Crippen LogP contribution is 2.26. The summed E-state index contributed by atoms with van der Waals surface area (Å²) in [5.74, 6) is 0.0209. The normalized spacial score (nSPS) is 25.3. The molecule has 0 spiro atoms. The van der Waals surface area contributed by atoms with E-state index in [1.807, 2.05) is 6.92 Å². The van der Waals surface area contributed by atoms with Crippen LogP contribution in [0.25, 0.3) is 0 Å². The van der Waals surface area contributed by atoms with Crippen molar-refractivity contribution in [1.82, 2.24) is 4.98 Å². The number of hydrogen-bond donors (Lipinski definition) is 1. The molecule has 0 radical (unpaired) electrons. The Balaban J connectivity index is 2.56. The van der Waals surface area contributed by atoms with E-state index >= 15 is 0 Å². The van der Waals surface area contributed by atoms with Gasteiger partial charge in [0, 0.05) is 17.9 Å². The summed E-state index contributed by atoms with van der Waals surface area (Å²) in [5.41, 5.74) is 1.51. The molecule has 0 aromatic carbocycles. The first-order valence-electron chi connectivity index (χ1n) is 4.74. The predicted octanol–water partition coefficient (Wildman–Crippen LogP) is 1.09. The minimum absolute atomic E-state index is 0.0850. The second-order valence-electron chi connectivity index (χ2n) is 3.71. The molecule has 2 unspecified atom stereocenters. The van der Waals surface area contributed by atoms with Crippen LogP contribution in [0.1, 0.15) is 12.5 Å². The highest BCUT2D eigenvalue weighted by molar-refractivity contribution is 7.85. The quantitative estimate of drug-likeness (QED) is 0.717. The van der Waals surface area contributed by atoms with Gasteiger partial charge >= 0.3 is 0 Å². The Morgan fingerprint density at radius 1 is 1.60 bits per heavy atom. The molecule has 0 aliphatic carbocycles. The van der Waals surface area contributed by atoms with Gasteiger partial charge in [-0.25, -0.2) is 4.98 Å². The highest BCUT2D eigenvalue weighted by Gasteiger charge is 2.26. The van der Waals surface area contributed by atoms with Crippen molar-refractivity contribution >= 4 is 22.4 Å². The molecule has 1 aromatic rings. The summed E-state index contributed by atoms with van der Waals surface area (Å²) in [7, 11) is -1.19. The maximum absolute atomic E-state index is 11.9. The summed E-state index contributed by atoms with van der Waals surface area (Å²) >= 11 is 0. The Morgan fingerprint density at radius 2 is 2.33 bits per heavy atom. The van der Waals surface area contributed by atoms with Crippen LogP contribution in [0, 0.1) is 12.8 Å². The molecule has 0 saturated heterocycles. The number of amides is 1. The zero-order chi connectivity index (χ0) is 11.0. The van der Waals surface area contributed by atoms with Crippen molar-refractivity contribution < 1.29 is 9.00 Å². The zero-order valence-electron chi connectivity index (χ0n) is 8.61. The first-order chi connectivity index (χ1) is 7.09. The van der Waals surface area contributed by atoms with Crippen molar-refractivity contribution in [1.29, 1.82) is 0 Å². The summed E-state index contributed by atoms with van der Waals surface area (Å²) in [6.07, 6.45) is 1.62. The van der Waals surface area contributed by atoms with Crippen LogP contribution in [-0.2, 0) is 15.6 Å². The SMILES string of the molecule is Cc1ccnc2c1NC(=O)C(C)CS2=O. The third-order valence-electron chi connectivity index (χ3n) is 2.44. The Bertz CT molecular complexity index is 445. The van der Waals surface area contributed by atoms with Crippen molar-refractivity contribution in [3.63, 3.8) is 0 Å². The monoisotopic (exact) mass is 224 g/mol. The fraction of sp³-hybridized carbons (Fsp3) is 0.400. The van der Waals surface area contributed by atoms with Crippen LogP contribution < -0.4 is 5.32 Å². The van der Waals surface area contributed by atoms with Crippen molar-refractivity contribution in [2.24, 2.45) is 5.92 Å². The summed E-state index contributed by atoms with van der Waals surface area (Å²) in [4.78, 5) is 15.7. The van der Waals surface area contributed by atoms with Crippen LogP contribution >= 0.6 is 0 Å². The largest absolute Gasteiger partial charge is 0.323 e. The second-order valence-corrected chi connectivity index (χ2v) is 5.12. The number of aryl methyl sites for hydroxylation is 1. The average Bonchev–Trinajstić information content (AvgIpc) is 2.29. The van der Waals surface area contributed by atoms with E-state index in [0.29, 0.717) is 16.5 Å². The van der Waals surface area contributed by atoms with Crippen molar-refractivity contribution in [2.75, 3.05) is 11.1 Å². The lowest BCUT2D eigenvalue weighted by molar-refractivity contribution is -0.118. The van der Waals surface area contributed by atoms with E-state index in [2.05, 4.69) is 10.3 Å². The Hall–Kier alpha value is -1.23. The number of nitrogens with zero attached hydrogens (tertiary/aromatic N) is 1. The lowest BCUT2D eigenvalue weighted by atomic mass is 10.2. The van der Waals surface area contributed by atoms with E-state index in [-0.39, 0.29) is 11.8 Å². The van der Waals surface area contributed by atoms with E-state index in [1.165, 1.54) is 0 Å². The van der Waals surface area contributed by atoms with Gasteiger partial charge < -0.3 is 5.32 Å². The molecule has 2 heterocycles. The molecule has 1 aromatic heterocycles. The summed E-state index contributed by atoms with van der Waals surface area (Å²) < 4.78 is 11.9. The summed E-state index contributed by atoms with van der Waals surface area (Å²) in [6, 6.07) is 1.80. The molecule has 0 saturated carbocycles. The number of hydrogen-bond acceptors (Lipinski definition) is 3. The van der Waals surface area contributed by atoms with Crippen LogP contribution in [0.2, 0.25) is 0 Å². The van der Waals surface area contributed by atoms with Crippen molar-refractivity contribution in [3.8, 4) is 0 Å². The number of rotatable bonds is 0. The molecule has 1 aliphatic heterocycles. The zero-order valence-corrected chi connectivity index (χ0v) is 9.43. The van der Waals surface area contributed by atoms with Crippen LogP contribution in [-0.4, -0.2) is 20.9 Å². The van der Waals surface area contributed by atoms with Gasteiger partial charge in [-0.2, -0.15) is 0 Å². The Labute approximate surface area is 90.6 Å². The Morgan fingerprint density at radius 3 is 3.07 bits per heavy atom. The Kier molecular flexibility index (Phi) is 2.56. The van der Waals surface area contributed by atoms with E-state index in [0.717, 1.165) is 5.56 Å². The minimum atomic E-state index is -1.19. The lowest BCUT2D eigenvalue weighted by Crippen LogP contribution is -2.21. The van der Waals surface area contributed by atoms with E-state index < -0.39 is 10.8 Å². The van der Waals surface area contributed by atoms with Gasteiger partial charge in [0.15, 0.2) is 5.03 Å². The molecular weight excluding hydrogens is 212 g/mol. The minimum Gasteiger partial charge on any atom is -0.323 e. The fourth-order valence-electron chi connectivity index (χ4n) is 1.49. The van der Waals surface area contributed by atoms with E-state index in [1.54, 1.807) is 19.2 Å². The van der Waals surface area contributed by atoms with Gasteiger partial charge in [-0.05, 0) is 18.6 Å². The number of aromatic nitrogens is 1. The number of anilines is 1. The topological polar surface area (TPSA) is 59.1 Å². The fourth-order valence-corrected chi connectivity index (χ4v) is 2.87. The van der Waals surface area contributed by atoms with Gasteiger partial charge in [0.2, 0.25) is 5.91 Å². The molecule has 0 bridgehead atoms. The molecule has 2 rings (SSSR count).